The second-order valence-corrected chi connectivity index (χ2v) is 9.87. The fraction of sp³-hybridized carbons (Fsp3) is 0.923. The van der Waals surface area contributed by atoms with Crippen molar-refractivity contribution in [3.63, 3.8) is 0 Å². The Morgan fingerprint density at radius 2 is 1.00 bits per heavy atom. The van der Waals surface area contributed by atoms with Crippen molar-refractivity contribution in [2.45, 2.75) is 146 Å². The molecule has 9 heteroatoms. The molecule has 0 aliphatic carbocycles. The van der Waals surface area contributed by atoms with E-state index in [-0.39, 0.29) is 5.91 Å². The molecule has 35 heavy (non-hydrogen) atoms. The second kappa shape index (κ2) is 19.9. The van der Waals surface area contributed by atoms with E-state index >= 15 is 0 Å². The third-order valence-electron chi connectivity index (χ3n) is 6.74. The molecule has 0 saturated carbocycles. The Labute approximate surface area is 210 Å². The van der Waals surface area contributed by atoms with Gasteiger partial charge in [-0.05, 0) is 12.8 Å². The van der Waals surface area contributed by atoms with Gasteiger partial charge >= 0.3 is 5.97 Å². The average molecular weight is 504 g/mol. The normalized spacial score (nSPS) is 24.4. The minimum Gasteiger partial charge on any atom is -0.481 e. The molecule has 1 amide bonds. The highest BCUT2D eigenvalue weighted by Crippen LogP contribution is 2.20. The van der Waals surface area contributed by atoms with E-state index in [0.29, 0.717) is 12.8 Å². The molecule has 5 atom stereocenters. The molecule has 0 aromatic carbocycles. The molecule has 1 aliphatic heterocycles. The number of ether oxygens (including phenoxy) is 1. The van der Waals surface area contributed by atoms with Gasteiger partial charge in [0.25, 0.3) is 0 Å². The van der Waals surface area contributed by atoms with Crippen molar-refractivity contribution >= 4 is 11.9 Å². The van der Waals surface area contributed by atoms with E-state index in [1.807, 2.05) is 0 Å². The lowest BCUT2D eigenvalue weighted by Gasteiger charge is -2.40. The number of aliphatic carboxylic acids is 1. The summed E-state index contributed by atoms with van der Waals surface area (Å²) in [5, 5.41) is 49.8. The van der Waals surface area contributed by atoms with E-state index in [9.17, 15) is 30.0 Å². The summed E-state index contributed by atoms with van der Waals surface area (Å²) in [6, 6.07) is 0. The van der Waals surface area contributed by atoms with Gasteiger partial charge in [-0.2, -0.15) is 0 Å². The summed E-state index contributed by atoms with van der Waals surface area (Å²) < 4.78 is 5.29. The Morgan fingerprint density at radius 3 is 1.40 bits per heavy atom. The second-order valence-electron chi connectivity index (χ2n) is 9.87. The van der Waals surface area contributed by atoms with E-state index in [2.05, 4.69) is 5.32 Å². The van der Waals surface area contributed by atoms with E-state index in [1.54, 1.807) is 0 Å². The molecule has 0 bridgehead atoms. The number of aliphatic hydroxyl groups is 4. The lowest BCUT2D eigenvalue weighted by Crippen LogP contribution is -2.63. The standard InChI is InChI=1S/C26H49NO8/c28-19-20-23(32)24(33)25(34)26(35-20)27-21(29)17-15-13-11-9-7-5-3-1-2-4-6-8-10-12-14-16-18-22(30)31/h20,23-26,28,32-34H,1-19H2,(H,27,29)(H,30,31)/t20-,23-,24+,25-,26-/m0/s1. The van der Waals surface area contributed by atoms with Crippen molar-refractivity contribution in [3.05, 3.63) is 0 Å². The van der Waals surface area contributed by atoms with Crippen LogP contribution in [0.15, 0.2) is 0 Å². The molecular formula is C26H49NO8. The van der Waals surface area contributed by atoms with Crippen LogP contribution in [0.25, 0.3) is 0 Å². The average Bonchev–Trinajstić information content (AvgIpc) is 2.83. The van der Waals surface area contributed by atoms with Crippen LogP contribution in [0, 0.1) is 0 Å². The fourth-order valence-corrected chi connectivity index (χ4v) is 4.49. The van der Waals surface area contributed by atoms with Gasteiger partial charge in [0.05, 0.1) is 6.61 Å². The first-order valence-corrected chi connectivity index (χ1v) is 13.7. The van der Waals surface area contributed by atoms with Crippen LogP contribution in [-0.4, -0.2) is 74.7 Å². The number of carboxylic acid groups (broad SMARTS) is 1. The van der Waals surface area contributed by atoms with Gasteiger partial charge in [0.1, 0.15) is 24.4 Å². The third kappa shape index (κ3) is 14.8. The number of carbonyl (C=O) groups is 2. The van der Waals surface area contributed by atoms with Crippen LogP contribution < -0.4 is 5.32 Å². The summed E-state index contributed by atoms with van der Waals surface area (Å²) in [6.07, 6.45) is 12.4. The minimum absolute atomic E-state index is 0.285. The maximum atomic E-state index is 12.1. The summed E-state index contributed by atoms with van der Waals surface area (Å²) in [7, 11) is 0. The summed E-state index contributed by atoms with van der Waals surface area (Å²) >= 11 is 0. The van der Waals surface area contributed by atoms with Gasteiger partial charge in [0.2, 0.25) is 5.91 Å². The Hall–Kier alpha value is -1.26. The third-order valence-corrected chi connectivity index (χ3v) is 6.74. The number of hydrogen-bond donors (Lipinski definition) is 6. The molecule has 9 nitrogen and oxygen atoms in total. The number of amides is 1. The lowest BCUT2D eigenvalue weighted by molar-refractivity contribution is -0.236. The molecule has 6 N–H and O–H groups in total. The number of hydrogen-bond acceptors (Lipinski definition) is 7. The van der Waals surface area contributed by atoms with Gasteiger partial charge in [-0.15, -0.1) is 0 Å². The van der Waals surface area contributed by atoms with Crippen molar-refractivity contribution in [2.75, 3.05) is 6.61 Å². The highest BCUT2D eigenvalue weighted by Gasteiger charge is 2.43. The highest BCUT2D eigenvalue weighted by molar-refractivity contribution is 5.76. The molecule has 1 aliphatic rings. The predicted molar refractivity (Wildman–Crippen MR) is 133 cm³/mol. The largest absolute Gasteiger partial charge is 0.481 e. The van der Waals surface area contributed by atoms with Gasteiger partial charge in [-0.3, -0.25) is 9.59 Å². The van der Waals surface area contributed by atoms with E-state index in [4.69, 9.17) is 9.84 Å². The van der Waals surface area contributed by atoms with Crippen molar-refractivity contribution < 1.29 is 39.9 Å². The van der Waals surface area contributed by atoms with Crippen molar-refractivity contribution in [1.82, 2.24) is 5.32 Å². The monoisotopic (exact) mass is 503 g/mol. The zero-order chi connectivity index (χ0) is 25.9. The first-order chi connectivity index (χ1) is 16.9. The van der Waals surface area contributed by atoms with Gasteiger partial charge in [0.15, 0.2) is 6.23 Å². The summed E-state index contributed by atoms with van der Waals surface area (Å²) in [4.78, 5) is 22.5. The quantitative estimate of drug-likeness (QED) is 0.131. The number of carbonyl (C=O) groups excluding carboxylic acids is 1. The lowest BCUT2D eigenvalue weighted by atomic mass is 9.98. The number of carboxylic acids is 1. The van der Waals surface area contributed by atoms with Crippen molar-refractivity contribution in [3.8, 4) is 0 Å². The molecule has 206 valence electrons. The van der Waals surface area contributed by atoms with Crippen molar-refractivity contribution in [1.29, 1.82) is 0 Å². The number of aliphatic hydroxyl groups excluding tert-OH is 4. The summed E-state index contributed by atoms with van der Waals surface area (Å²) in [6.45, 7) is -0.518. The summed E-state index contributed by atoms with van der Waals surface area (Å²) in [5.74, 6) is -0.977. The topological polar surface area (TPSA) is 157 Å². The SMILES string of the molecule is O=C(O)CCCCCCCCCCCCCCCCCCC(=O)N[C@H]1O[C@@H](CO)[C@H](O)[C@@H](O)[C@@H]1O. The molecule has 0 spiro atoms. The maximum Gasteiger partial charge on any atom is 0.303 e. The van der Waals surface area contributed by atoms with Crippen LogP contribution in [0.3, 0.4) is 0 Å². The van der Waals surface area contributed by atoms with E-state index in [1.165, 1.54) is 57.8 Å². The molecular weight excluding hydrogens is 454 g/mol. The van der Waals surface area contributed by atoms with Crippen LogP contribution in [0.1, 0.15) is 116 Å². The van der Waals surface area contributed by atoms with Gasteiger partial charge in [0, 0.05) is 12.8 Å². The molecule has 0 unspecified atom stereocenters. The zero-order valence-electron chi connectivity index (χ0n) is 21.3. The Balaban J connectivity index is 1.87. The van der Waals surface area contributed by atoms with Gasteiger partial charge < -0.3 is 35.6 Å². The first-order valence-electron chi connectivity index (χ1n) is 13.7. The molecule has 1 heterocycles. The smallest absolute Gasteiger partial charge is 0.303 e. The highest BCUT2D eigenvalue weighted by atomic mass is 16.6. The van der Waals surface area contributed by atoms with Crippen LogP contribution in [0.4, 0.5) is 0 Å². The number of nitrogens with one attached hydrogen (secondary N) is 1. The molecule has 1 rings (SSSR count). The summed E-state index contributed by atoms with van der Waals surface area (Å²) in [5.41, 5.74) is 0. The Bertz CT molecular complexity index is 559. The van der Waals surface area contributed by atoms with E-state index in [0.717, 1.165) is 44.9 Å². The number of rotatable bonds is 21. The van der Waals surface area contributed by atoms with Gasteiger partial charge in [-0.25, -0.2) is 0 Å². The first kappa shape index (κ1) is 31.8. The number of unbranched alkanes of at least 4 members (excludes halogenated alkanes) is 15. The minimum atomic E-state index is -1.49. The Kier molecular flexibility index (Phi) is 18.0. The molecule has 0 aromatic heterocycles. The predicted octanol–water partition coefficient (Wildman–Crippen LogP) is 3.01. The van der Waals surface area contributed by atoms with Crippen LogP contribution in [0.2, 0.25) is 0 Å². The molecule has 1 fully saturated rings. The Morgan fingerprint density at radius 1 is 0.600 bits per heavy atom. The van der Waals surface area contributed by atoms with Crippen LogP contribution in [0.5, 0.6) is 0 Å². The van der Waals surface area contributed by atoms with Crippen LogP contribution >= 0.6 is 0 Å². The van der Waals surface area contributed by atoms with Crippen LogP contribution in [-0.2, 0) is 14.3 Å². The molecule has 0 radical (unpaired) electrons. The molecule has 1 saturated heterocycles. The maximum absolute atomic E-state index is 12.1. The zero-order valence-corrected chi connectivity index (χ0v) is 21.3. The fourth-order valence-electron chi connectivity index (χ4n) is 4.49. The molecule has 0 aromatic rings. The van der Waals surface area contributed by atoms with Gasteiger partial charge in [-0.1, -0.05) is 89.9 Å². The van der Waals surface area contributed by atoms with Crippen molar-refractivity contribution in [2.24, 2.45) is 0 Å². The van der Waals surface area contributed by atoms with E-state index < -0.39 is 43.2 Å².